The van der Waals surface area contributed by atoms with E-state index < -0.39 is 0 Å². The molecule has 2 N–H and O–H groups in total. The fourth-order valence-corrected chi connectivity index (χ4v) is 2.99. The van der Waals surface area contributed by atoms with Gasteiger partial charge in [-0.1, -0.05) is 25.7 Å². The molecule has 2 nitrogen and oxygen atoms in total. The summed E-state index contributed by atoms with van der Waals surface area (Å²) in [6, 6.07) is 0. The molecule has 0 bridgehead atoms. The zero-order valence-corrected chi connectivity index (χ0v) is 9.13. The summed E-state index contributed by atoms with van der Waals surface area (Å²) in [7, 11) is 0. The monoisotopic (exact) mass is 197 g/mol. The Labute approximate surface area is 87.2 Å². The van der Waals surface area contributed by atoms with Gasteiger partial charge in [-0.15, -0.1) is 0 Å². The Balaban J connectivity index is 1.96. The molecule has 0 amide bonds. The van der Waals surface area contributed by atoms with Crippen molar-refractivity contribution in [3.63, 3.8) is 0 Å². The number of ether oxygens (including phenoxy) is 1. The van der Waals surface area contributed by atoms with Crippen molar-refractivity contribution in [2.75, 3.05) is 13.2 Å². The van der Waals surface area contributed by atoms with E-state index in [2.05, 4.69) is 0 Å². The molecule has 14 heavy (non-hydrogen) atoms. The van der Waals surface area contributed by atoms with Crippen molar-refractivity contribution >= 4 is 0 Å². The van der Waals surface area contributed by atoms with Crippen LogP contribution in [0.5, 0.6) is 0 Å². The lowest BCUT2D eigenvalue weighted by Gasteiger charge is -2.39. The summed E-state index contributed by atoms with van der Waals surface area (Å²) >= 11 is 0. The molecule has 0 aromatic rings. The molecule has 2 rings (SSSR count). The minimum atomic E-state index is 0.108. The minimum absolute atomic E-state index is 0.108. The second-order valence-corrected chi connectivity index (χ2v) is 5.06. The summed E-state index contributed by atoms with van der Waals surface area (Å²) in [5.41, 5.74) is 6.66. The van der Waals surface area contributed by atoms with E-state index in [0.717, 1.165) is 13.2 Å². The normalized spacial score (nSPS) is 33.6. The lowest BCUT2D eigenvalue weighted by atomic mass is 9.76. The molecule has 0 aromatic heterocycles. The lowest BCUT2D eigenvalue weighted by molar-refractivity contribution is 0.0168. The summed E-state index contributed by atoms with van der Waals surface area (Å²) in [6.45, 7) is 1.86. The van der Waals surface area contributed by atoms with Crippen LogP contribution in [0.15, 0.2) is 0 Å². The molecule has 1 unspecified atom stereocenters. The maximum atomic E-state index is 6.55. The average Bonchev–Trinajstić information content (AvgIpc) is 2.46. The van der Waals surface area contributed by atoms with Crippen LogP contribution >= 0.6 is 0 Å². The molecule has 2 heteroatoms. The molecule has 2 fully saturated rings. The van der Waals surface area contributed by atoms with E-state index >= 15 is 0 Å². The summed E-state index contributed by atoms with van der Waals surface area (Å²) in [6.07, 6.45) is 10.4. The number of hydrogen-bond donors (Lipinski definition) is 1. The van der Waals surface area contributed by atoms with E-state index in [9.17, 15) is 0 Å². The molecule has 1 saturated heterocycles. The van der Waals surface area contributed by atoms with Gasteiger partial charge in [0.1, 0.15) is 0 Å². The summed E-state index contributed by atoms with van der Waals surface area (Å²) in [5.74, 6) is 0.634. The van der Waals surface area contributed by atoms with Crippen molar-refractivity contribution in [1.82, 2.24) is 0 Å². The summed E-state index contributed by atoms with van der Waals surface area (Å²) in [4.78, 5) is 0. The first-order valence-corrected chi connectivity index (χ1v) is 6.18. The molecule has 1 saturated carbocycles. The second-order valence-electron chi connectivity index (χ2n) is 5.06. The van der Waals surface area contributed by atoms with Gasteiger partial charge in [0.2, 0.25) is 0 Å². The summed E-state index contributed by atoms with van der Waals surface area (Å²) in [5, 5.41) is 0. The van der Waals surface area contributed by atoms with Crippen molar-refractivity contribution in [2.24, 2.45) is 11.7 Å². The Hall–Kier alpha value is -0.0800. The van der Waals surface area contributed by atoms with Gasteiger partial charge in [0.15, 0.2) is 0 Å². The Morgan fingerprint density at radius 1 is 1.00 bits per heavy atom. The topological polar surface area (TPSA) is 35.2 Å². The van der Waals surface area contributed by atoms with Crippen LogP contribution in [0.1, 0.15) is 51.4 Å². The molecule has 82 valence electrons. The molecular formula is C12H23NO. The molecule has 0 spiro atoms. The van der Waals surface area contributed by atoms with Gasteiger partial charge < -0.3 is 10.5 Å². The van der Waals surface area contributed by atoms with Gasteiger partial charge in [-0.25, -0.2) is 0 Å². The standard InChI is InChI=1S/C12H23NO/c13-12(7-3-1-2-4-8-12)11-6-5-9-14-10-11/h11H,1-10,13H2. The van der Waals surface area contributed by atoms with Crippen LogP contribution in [0.3, 0.4) is 0 Å². The quantitative estimate of drug-likeness (QED) is 0.655. The second kappa shape index (κ2) is 4.63. The van der Waals surface area contributed by atoms with Gasteiger partial charge in [0.05, 0.1) is 6.61 Å². The molecule has 1 atom stereocenters. The molecule has 0 radical (unpaired) electrons. The van der Waals surface area contributed by atoms with Gasteiger partial charge in [0.25, 0.3) is 0 Å². The van der Waals surface area contributed by atoms with Crippen LogP contribution in [-0.4, -0.2) is 18.8 Å². The molecule has 1 aliphatic heterocycles. The third-order valence-corrected chi connectivity index (χ3v) is 4.01. The predicted octanol–water partition coefficient (Wildman–Crippen LogP) is 2.46. The van der Waals surface area contributed by atoms with Crippen molar-refractivity contribution in [3.05, 3.63) is 0 Å². The van der Waals surface area contributed by atoms with Crippen LogP contribution in [-0.2, 0) is 4.74 Å². The van der Waals surface area contributed by atoms with Crippen LogP contribution in [0.4, 0.5) is 0 Å². The Kier molecular flexibility index (Phi) is 3.45. The van der Waals surface area contributed by atoms with Crippen LogP contribution < -0.4 is 5.73 Å². The van der Waals surface area contributed by atoms with Crippen LogP contribution in [0.2, 0.25) is 0 Å². The molecular weight excluding hydrogens is 174 g/mol. The highest BCUT2D eigenvalue weighted by molar-refractivity contribution is 4.93. The molecule has 1 aliphatic carbocycles. The molecule has 1 heterocycles. The zero-order valence-electron chi connectivity index (χ0n) is 9.13. The third-order valence-electron chi connectivity index (χ3n) is 4.01. The van der Waals surface area contributed by atoms with Crippen LogP contribution in [0, 0.1) is 5.92 Å². The van der Waals surface area contributed by atoms with E-state index in [4.69, 9.17) is 10.5 Å². The SMILES string of the molecule is NC1(C2CCCOC2)CCCCCC1. The van der Waals surface area contributed by atoms with E-state index in [-0.39, 0.29) is 5.54 Å². The third kappa shape index (κ3) is 2.29. The number of rotatable bonds is 1. The maximum Gasteiger partial charge on any atom is 0.0511 e. The highest BCUT2D eigenvalue weighted by Crippen LogP contribution is 2.35. The highest BCUT2D eigenvalue weighted by atomic mass is 16.5. The van der Waals surface area contributed by atoms with Crippen molar-refractivity contribution in [1.29, 1.82) is 0 Å². The first kappa shape index (κ1) is 10.4. The van der Waals surface area contributed by atoms with E-state index in [1.807, 2.05) is 0 Å². The smallest absolute Gasteiger partial charge is 0.0511 e. The van der Waals surface area contributed by atoms with Gasteiger partial charge in [-0.2, -0.15) is 0 Å². The van der Waals surface area contributed by atoms with Gasteiger partial charge >= 0.3 is 0 Å². The number of nitrogens with two attached hydrogens (primary N) is 1. The van der Waals surface area contributed by atoms with E-state index in [1.54, 1.807) is 0 Å². The van der Waals surface area contributed by atoms with Crippen molar-refractivity contribution < 1.29 is 4.74 Å². The van der Waals surface area contributed by atoms with Gasteiger partial charge in [-0.3, -0.25) is 0 Å². The maximum absolute atomic E-state index is 6.55. The average molecular weight is 197 g/mol. The van der Waals surface area contributed by atoms with Crippen molar-refractivity contribution in [3.8, 4) is 0 Å². The first-order valence-electron chi connectivity index (χ1n) is 6.18. The Morgan fingerprint density at radius 3 is 2.29 bits per heavy atom. The molecule has 2 aliphatic rings. The van der Waals surface area contributed by atoms with E-state index in [0.29, 0.717) is 5.92 Å². The Bertz CT molecular complexity index is 167. The number of hydrogen-bond acceptors (Lipinski definition) is 2. The minimum Gasteiger partial charge on any atom is -0.381 e. The fraction of sp³-hybridized carbons (Fsp3) is 1.00. The first-order chi connectivity index (χ1) is 6.81. The van der Waals surface area contributed by atoms with Gasteiger partial charge in [0, 0.05) is 18.1 Å². The van der Waals surface area contributed by atoms with Gasteiger partial charge in [-0.05, 0) is 25.7 Å². The highest BCUT2D eigenvalue weighted by Gasteiger charge is 2.35. The fourth-order valence-electron chi connectivity index (χ4n) is 2.99. The predicted molar refractivity (Wildman–Crippen MR) is 58.2 cm³/mol. The zero-order chi connectivity index (χ0) is 9.86. The van der Waals surface area contributed by atoms with E-state index in [1.165, 1.54) is 51.4 Å². The largest absolute Gasteiger partial charge is 0.381 e. The molecule has 0 aromatic carbocycles. The summed E-state index contributed by atoms with van der Waals surface area (Å²) < 4.78 is 5.56. The Morgan fingerprint density at radius 2 is 1.71 bits per heavy atom. The van der Waals surface area contributed by atoms with Crippen molar-refractivity contribution in [2.45, 2.75) is 56.9 Å². The van der Waals surface area contributed by atoms with Crippen LogP contribution in [0.25, 0.3) is 0 Å². The lowest BCUT2D eigenvalue weighted by Crippen LogP contribution is -2.49.